The maximum Gasteiger partial charge on any atom is 0.244 e. The third kappa shape index (κ3) is 4.76. The lowest BCUT2D eigenvalue weighted by Crippen LogP contribution is -2.54. The van der Waals surface area contributed by atoms with E-state index < -0.39 is 22.6 Å². The highest BCUT2D eigenvalue weighted by Crippen LogP contribution is 2.66. The third-order valence-electron chi connectivity index (χ3n) is 8.05. The second-order valence-corrected chi connectivity index (χ2v) is 11.7. The Balaban J connectivity index is 1.30. The first-order valence-electron chi connectivity index (χ1n) is 13.0. The van der Waals surface area contributed by atoms with Crippen LogP contribution >= 0.6 is 11.8 Å². The predicted octanol–water partition coefficient (Wildman–Crippen LogP) is 0.225. The van der Waals surface area contributed by atoms with Crippen LogP contribution in [0.4, 0.5) is 0 Å². The van der Waals surface area contributed by atoms with E-state index in [0.717, 1.165) is 38.0 Å². The van der Waals surface area contributed by atoms with E-state index in [1.165, 1.54) is 0 Å². The molecule has 5 atom stereocenters. The summed E-state index contributed by atoms with van der Waals surface area (Å²) in [4.78, 5) is 44.6. The SMILES string of the molecule is O=C(NCCN1CCOCC1)C1N(CCCO)C(=O)[C@@H]2[C@@H](C(=O)NCc3ccccc3)[C@H]3CCC12S3. The van der Waals surface area contributed by atoms with E-state index in [0.29, 0.717) is 39.3 Å². The van der Waals surface area contributed by atoms with Gasteiger partial charge in [0.2, 0.25) is 17.7 Å². The molecule has 3 N–H and O–H groups in total. The topological polar surface area (TPSA) is 111 Å². The van der Waals surface area contributed by atoms with Gasteiger partial charge in [-0.3, -0.25) is 19.3 Å². The smallest absolute Gasteiger partial charge is 0.244 e. The van der Waals surface area contributed by atoms with E-state index in [1.807, 2.05) is 30.3 Å². The van der Waals surface area contributed by atoms with Crippen molar-refractivity contribution >= 4 is 29.5 Å². The number of carbonyl (C=O) groups is 3. The summed E-state index contributed by atoms with van der Waals surface area (Å²) in [5.74, 6) is -1.32. The van der Waals surface area contributed by atoms with E-state index in [2.05, 4.69) is 15.5 Å². The van der Waals surface area contributed by atoms with Crippen molar-refractivity contribution in [3.8, 4) is 0 Å². The second kappa shape index (κ2) is 11.1. The molecular weight excluding hydrogens is 480 g/mol. The molecule has 0 aliphatic carbocycles. The van der Waals surface area contributed by atoms with E-state index in [-0.39, 0.29) is 29.6 Å². The van der Waals surface area contributed by atoms with Crippen LogP contribution in [0.3, 0.4) is 0 Å². The van der Waals surface area contributed by atoms with Gasteiger partial charge in [-0.05, 0) is 24.8 Å². The number of nitrogens with one attached hydrogen (secondary N) is 2. The number of fused-ring (bicyclic) bond motifs is 1. The Bertz CT molecular complexity index is 959. The van der Waals surface area contributed by atoms with Gasteiger partial charge in [-0.1, -0.05) is 30.3 Å². The minimum atomic E-state index is -0.617. The molecule has 5 rings (SSSR count). The first-order valence-corrected chi connectivity index (χ1v) is 13.9. The highest BCUT2D eigenvalue weighted by Gasteiger charge is 2.73. The molecule has 1 spiro atoms. The summed E-state index contributed by atoms with van der Waals surface area (Å²) in [6.45, 7) is 5.04. The Morgan fingerprint density at radius 3 is 2.64 bits per heavy atom. The normalized spacial score (nSPS) is 31.5. The molecule has 2 unspecified atom stereocenters. The number of aliphatic hydroxyl groups excluding tert-OH is 1. The summed E-state index contributed by atoms with van der Waals surface area (Å²) in [6.07, 6.45) is 1.98. The standard InChI is InChI=1S/C26H36N4O5S/c31-14-4-10-30-22(24(33)27-9-11-29-12-15-35-16-13-29)26-8-7-19(36-26)20(21(26)25(30)34)23(32)28-17-18-5-2-1-3-6-18/h1-3,5-6,19-22,31H,4,7-17H2,(H,27,33)(H,28,32)/t19-,20+,21+,22?,26?/m1/s1. The Morgan fingerprint density at radius 1 is 1.11 bits per heavy atom. The van der Waals surface area contributed by atoms with E-state index in [9.17, 15) is 19.5 Å². The molecule has 3 amide bonds. The number of hydrogen-bond acceptors (Lipinski definition) is 7. The first kappa shape index (κ1) is 25.5. The molecule has 1 aromatic rings. The highest BCUT2D eigenvalue weighted by atomic mass is 32.2. The quantitative estimate of drug-likeness (QED) is 0.408. The fraction of sp³-hybridized carbons (Fsp3) is 0.654. The Morgan fingerprint density at radius 2 is 1.89 bits per heavy atom. The van der Waals surface area contributed by atoms with Crippen LogP contribution in [0.5, 0.6) is 0 Å². The second-order valence-electron chi connectivity index (χ2n) is 10.1. The van der Waals surface area contributed by atoms with Gasteiger partial charge in [0.05, 0.1) is 29.8 Å². The van der Waals surface area contributed by atoms with Crippen LogP contribution in [-0.4, -0.2) is 101 Å². The fourth-order valence-corrected chi connectivity index (χ4v) is 8.62. The lowest BCUT2D eigenvalue weighted by atomic mass is 9.70. The van der Waals surface area contributed by atoms with Crippen molar-refractivity contribution in [2.45, 2.75) is 41.8 Å². The van der Waals surface area contributed by atoms with Crippen LogP contribution in [0.1, 0.15) is 24.8 Å². The van der Waals surface area contributed by atoms with Crippen LogP contribution < -0.4 is 10.6 Å². The van der Waals surface area contributed by atoms with Gasteiger partial charge < -0.3 is 25.4 Å². The lowest BCUT2D eigenvalue weighted by Gasteiger charge is -2.34. The van der Waals surface area contributed by atoms with Gasteiger partial charge in [0, 0.05) is 51.1 Å². The maximum atomic E-state index is 13.8. The molecule has 4 heterocycles. The minimum absolute atomic E-state index is 0.0402. The van der Waals surface area contributed by atoms with Crippen LogP contribution in [0, 0.1) is 11.8 Å². The van der Waals surface area contributed by atoms with Crippen LogP contribution in [0.2, 0.25) is 0 Å². The molecule has 4 aliphatic rings. The van der Waals surface area contributed by atoms with Crippen molar-refractivity contribution in [3.63, 3.8) is 0 Å². The zero-order valence-corrected chi connectivity index (χ0v) is 21.4. The zero-order valence-electron chi connectivity index (χ0n) is 20.6. The van der Waals surface area contributed by atoms with E-state index in [1.54, 1.807) is 16.7 Å². The van der Waals surface area contributed by atoms with Crippen molar-refractivity contribution in [2.24, 2.45) is 11.8 Å². The number of carbonyl (C=O) groups excluding carboxylic acids is 3. The number of nitrogens with zero attached hydrogens (tertiary/aromatic N) is 2. The van der Waals surface area contributed by atoms with Crippen molar-refractivity contribution in [2.75, 3.05) is 52.5 Å². The van der Waals surface area contributed by atoms with Gasteiger partial charge in [-0.2, -0.15) is 0 Å². The average Bonchev–Trinajstić information content (AvgIpc) is 3.54. The van der Waals surface area contributed by atoms with Crippen LogP contribution in [0.15, 0.2) is 30.3 Å². The number of hydrogen-bond donors (Lipinski definition) is 3. The van der Waals surface area contributed by atoms with Gasteiger partial charge in [-0.25, -0.2) is 0 Å². The molecule has 0 saturated carbocycles. The summed E-state index contributed by atoms with van der Waals surface area (Å²) in [7, 11) is 0. The molecular formula is C26H36N4O5S. The Hall–Kier alpha value is -2.14. The number of morpholine rings is 1. The molecule has 36 heavy (non-hydrogen) atoms. The fourth-order valence-electron chi connectivity index (χ4n) is 6.40. The molecule has 0 aromatic heterocycles. The lowest BCUT2D eigenvalue weighted by molar-refractivity contribution is -0.140. The Kier molecular flexibility index (Phi) is 7.85. The monoisotopic (exact) mass is 516 g/mol. The number of amides is 3. The molecule has 4 saturated heterocycles. The summed E-state index contributed by atoms with van der Waals surface area (Å²) in [6, 6.07) is 9.12. The van der Waals surface area contributed by atoms with Gasteiger partial charge in [0.25, 0.3) is 0 Å². The molecule has 4 aliphatic heterocycles. The van der Waals surface area contributed by atoms with Crippen LogP contribution in [0.25, 0.3) is 0 Å². The first-order chi connectivity index (χ1) is 17.5. The third-order valence-corrected chi connectivity index (χ3v) is 10.0. The molecule has 10 heteroatoms. The number of ether oxygens (including phenoxy) is 1. The number of thioether (sulfide) groups is 1. The maximum absolute atomic E-state index is 13.8. The predicted molar refractivity (Wildman–Crippen MR) is 136 cm³/mol. The van der Waals surface area contributed by atoms with Gasteiger partial charge >= 0.3 is 0 Å². The average molecular weight is 517 g/mol. The van der Waals surface area contributed by atoms with E-state index in [4.69, 9.17) is 4.74 Å². The molecule has 4 fully saturated rings. The Labute approximate surface area is 216 Å². The van der Waals surface area contributed by atoms with Gasteiger partial charge in [0.1, 0.15) is 6.04 Å². The van der Waals surface area contributed by atoms with Gasteiger partial charge in [0.15, 0.2) is 0 Å². The van der Waals surface area contributed by atoms with Crippen molar-refractivity contribution < 1.29 is 24.2 Å². The number of likely N-dealkylation sites (tertiary alicyclic amines) is 1. The van der Waals surface area contributed by atoms with Crippen molar-refractivity contribution in [1.29, 1.82) is 0 Å². The van der Waals surface area contributed by atoms with Crippen molar-refractivity contribution in [1.82, 2.24) is 20.4 Å². The largest absolute Gasteiger partial charge is 0.396 e. The zero-order chi connectivity index (χ0) is 25.1. The minimum Gasteiger partial charge on any atom is -0.396 e. The molecule has 196 valence electrons. The molecule has 0 radical (unpaired) electrons. The van der Waals surface area contributed by atoms with E-state index >= 15 is 0 Å². The number of benzene rings is 1. The highest BCUT2D eigenvalue weighted by molar-refractivity contribution is 8.02. The summed E-state index contributed by atoms with van der Waals surface area (Å²) in [5, 5.41) is 15.6. The number of rotatable bonds is 10. The molecule has 2 bridgehead atoms. The molecule has 9 nitrogen and oxygen atoms in total. The van der Waals surface area contributed by atoms with Crippen LogP contribution in [-0.2, 0) is 25.7 Å². The number of aliphatic hydroxyl groups is 1. The summed E-state index contributed by atoms with van der Waals surface area (Å²) in [5.41, 5.74) is 1.01. The molecule has 1 aromatic carbocycles. The van der Waals surface area contributed by atoms with Gasteiger partial charge in [-0.15, -0.1) is 11.8 Å². The summed E-state index contributed by atoms with van der Waals surface area (Å²) >= 11 is 1.67. The van der Waals surface area contributed by atoms with Crippen molar-refractivity contribution in [3.05, 3.63) is 35.9 Å². The summed E-state index contributed by atoms with van der Waals surface area (Å²) < 4.78 is 4.81.